The van der Waals surface area contributed by atoms with Crippen molar-refractivity contribution in [2.24, 2.45) is 0 Å². The number of phenols is 1. The van der Waals surface area contributed by atoms with Crippen molar-refractivity contribution in [1.29, 1.82) is 0 Å². The molecule has 0 spiro atoms. The van der Waals surface area contributed by atoms with Crippen LogP contribution in [0.3, 0.4) is 0 Å². The van der Waals surface area contributed by atoms with Crippen LogP contribution in [0, 0.1) is 6.92 Å². The number of hydrogen-bond donors (Lipinski definition) is 2. The largest absolute Gasteiger partial charge is 0.506 e. The van der Waals surface area contributed by atoms with Gasteiger partial charge in [0.15, 0.2) is 11.5 Å². The number of phenolic OH excluding ortho intramolecular Hbond substituents is 1. The number of Topliss-reactive ketones (excluding diaryl/α,β-unsaturated/α-hetero) is 1. The second-order valence-electron chi connectivity index (χ2n) is 5.55. The average molecular weight is 327 g/mol. The summed E-state index contributed by atoms with van der Waals surface area (Å²) in [6.45, 7) is 3.40. The molecule has 1 atom stereocenters. The van der Waals surface area contributed by atoms with E-state index in [4.69, 9.17) is 4.42 Å². The van der Waals surface area contributed by atoms with Crippen LogP contribution in [0.5, 0.6) is 5.75 Å². The lowest BCUT2D eigenvalue weighted by Gasteiger charge is -2.25. The Bertz CT molecular complexity index is 849. The molecule has 0 saturated heterocycles. The first-order chi connectivity index (χ1) is 11.5. The van der Waals surface area contributed by atoms with E-state index in [1.807, 2.05) is 0 Å². The fourth-order valence-corrected chi connectivity index (χ4v) is 2.87. The molecule has 1 aromatic heterocycles. The first-order valence-corrected chi connectivity index (χ1v) is 7.60. The van der Waals surface area contributed by atoms with Crippen LogP contribution < -0.4 is 4.90 Å². The number of carbonyl (C=O) groups is 2. The van der Waals surface area contributed by atoms with Crippen LogP contribution in [0.25, 0.3) is 0 Å². The lowest BCUT2D eigenvalue weighted by Crippen LogP contribution is -2.30. The van der Waals surface area contributed by atoms with Gasteiger partial charge in [0.2, 0.25) is 0 Å². The molecule has 1 unspecified atom stereocenters. The van der Waals surface area contributed by atoms with E-state index >= 15 is 0 Å². The van der Waals surface area contributed by atoms with Gasteiger partial charge in [-0.25, -0.2) is 0 Å². The fraction of sp³-hybridized carbons (Fsp3) is 0.222. The van der Waals surface area contributed by atoms with E-state index in [-0.39, 0.29) is 29.2 Å². The van der Waals surface area contributed by atoms with Crippen LogP contribution in [0.2, 0.25) is 0 Å². The zero-order valence-electron chi connectivity index (χ0n) is 13.3. The second kappa shape index (κ2) is 5.88. The summed E-state index contributed by atoms with van der Waals surface area (Å²) in [7, 11) is 0. The third-order valence-corrected chi connectivity index (χ3v) is 4.00. The van der Waals surface area contributed by atoms with Crippen LogP contribution in [0.4, 0.5) is 5.69 Å². The third-order valence-electron chi connectivity index (χ3n) is 4.00. The highest BCUT2D eigenvalue weighted by Gasteiger charge is 2.46. The number of nitrogens with zero attached hydrogens (tertiary/aromatic N) is 1. The van der Waals surface area contributed by atoms with E-state index in [1.165, 1.54) is 11.0 Å². The number of anilines is 1. The van der Waals surface area contributed by atoms with E-state index in [0.29, 0.717) is 11.5 Å². The maximum atomic E-state index is 12.6. The van der Waals surface area contributed by atoms with Gasteiger partial charge in [0, 0.05) is 6.42 Å². The predicted octanol–water partition coefficient (Wildman–Crippen LogP) is 3.17. The Hall–Kier alpha value is -3.02. The van der Waals surface area contributed by atoms with E-state index in [9.17, 15) is 19.8 Å². The SMILES string of the molecule is CCC(=O)C1=C(O)C(=O)N(c2ccccc2O)C1c1ccc(C)o1. The molecule has 2 N–H and O–H groups in total. The van der Waals surface area contributed by atoms with Gasteiger partial charge in [-0.15, -0.1) is 0 Å². The quantitative estimate of drug-likeness (QED) is 0.900. The molecule has 0 radical (unpaired) electrons. The molecule has 1 aliphatic rings. The number of amides is 1. The van der Waals surface area contributed by atoms with Crippen LogP contribution in [0.15, 0.2) is 52.1 Å². The number of rotatable bonds is 4. The maximum Gasteiger partial charge on any atom is 0.294 e. The Balaban J connectivity index is 2.20. The highest BCUT2D eigenvalue weighted by molar-refractivity contribution is 6.16. The Morgan fingerprint density at radius 1 is 1.21 bits per heavy atom. The van der Waals surface area contributed by atoms with Crippen LogP contribution >= 0.6 is 0 Å². The van der Waals surface area contributed by atoms with E-state index < -0.39 is 17.7 Å². The van der Waals surface area contributed by atoms with E-state index in [0.717, 1.165) is 0 Å². The van der Waals surface area contributed by atoms with Crippen molar-refractivity contribution in [3.63, 3.8) is 0 Å². The summed E-state index contributed by atoms with van der Waals surface area (Å²) < 4.78 is 5.61. The number of para-hydroxylation sites is 2. The Morgan fingerprint density at radius 3 is 2.50 bits per heavy atom. The summed E-state index contributed by atoms with van der Waals surface area (Å²) in [4.78, 5) is 26.1. The monoisotopic (exact) mass is 327 g/mol. The van der Waals surface area contributed by atoms with Gasteiger partial charge in [0.1, 0.15) is 23.3 Å². The van der Waals surface area contributed by atoms with E-state index in [1.54, 1.807) is 44.2 Å². The molecule has 3 rings (SSSR count). The van der Waals surface area contributed by atoms with Crippen molar-refractivity contribution in [3.05, 3.63) is 59.3 Å². The number of aliphatic hydroxyl groups is 1. The Labute approximate surface area is 138 Å². The lowest BCUT2D eigenvalue weighted by atomic mass is 9.99. The van der Waals surface area contributed by atoms with Crippen molar-refractivity contribution in [1.82, 2.24) is 0 Å². The predicted molar refractivity (Wildman–Crippen MR) is 86.7 cm³/mol. The van der Waals surface area contributed by atoms with E-state index in [2.05, 4.69) is 0 Å². The molecular formula is C18H17NO5. The molecule has 1 aliphatic heterocycles. The number of aliphatic hydroxyl groups excluding tert-OH is 1. The number of benzene rings is 1. The van der Waals surface area contributed by atoms with Gasteiger partial charge in [-0.1, -0.05) is 19.1 Å². The zero-order valence-corrected chi connectivity index (χ0v) is 13.3. The second-order valence-corrected chi connectivity index (χ2v) is 5.55. The summed E-state index contributed by atoms with van der Waals surface area (Å²) in [5.41, 5.74) is 0.187. The summed E-state index contributed by atoms with van der Waals surface area (Å²) in [6.07, 6.45) is 0.136. The van der Waals surface area contributed by atoms with Crippen molar-refractivity contribution in [3.8, 4) is 5.75 Å². The lowest BCUT2D eigenvalue weighted by molar-refractivity contribution is -0.118. The molecule has 0 bridgehead atoms. The van der Waals surface area contributed by atoms with Crippen LogP contribution in [-0.2, 0) is 9.59 Å². The minimum atomic E-state index is -0.910. The van der Waals surface area contributed by atoms with Crippen molar-refractivity contribution in [2.75, 3.05) is 4.90 Å². The average Bonchev–Trinajstić information content (AvgIpc) is 3.10. The summed E-state index contributed by atoms with van der Waals surface area (Å²) in [5, 5.41) is 20.4. The summed E-state index contributed by atoms with van der Waals surface area (Å²) in [6, 6.07) is 8.72. The van der Waals surface area contributed by atoms with Crippen molar-refractivity contribution < 1.29 is 24.2 Å². The van der Waals surface area contributed by atoms with Gasteiger partial charge in [0.05, 0.1) is 11.3 Å². The topological polar surface area (TPSA) is 91.0 Å². The van der Waals surface area contributed by atoms with Gasteiger partial charge in [-0.05, 0) is 31.2 Å². The first kappa shape index (κ1) is 15.9. The van der Waals surface area contributed by atoms with Crippen LogP contribution in [-0.4, -0.2) is 21.9 Å². The molecule has 0 fully saturated rings. The molecule has 1 amide bonds. The van der Waals surface area contributed by atoms with Gasteiger partial charge >= 0.3 is 0 Å². The minimum absolute atomic E-state index is 0.0138. The molecule has 124 valence electrons. The molecule has 1 aromatic carbocycles. The molecule has 0 aliphatic carbocycles. The van der Waals surface area contributed by atoms with Gasteiger partial charge in [-0.3, -0.25) is 14.5 Å². The molecule has 6 heteroatoms. The molecule has 0 saturated carbocycles. The normalized spacial score (nSPS) is 17.7. The Morgan fingerprint density at radius 2 is 1.92 bits per heavy atom. The number of aryl methyl sites for hydroxylation is 1. The number of carbonyl (C=O) groups excluding carboxylic acids is 2. The number of hydrogen-bond acceptors (Lipinski definition) is 5. The molecule has 2 heterocycles. The molecule has 24 heavy (non-hydrogen) atoms. The maximum absolute atomic E-state index is 12.6. The van der Waals surface area contributed by atoms with Gasteiger partial charge in [-0.2, -0.15) is 0 Å². The standard InChI is InChI=1S/C18H17NO5/c1-3-12(20)15-16(14-9-8-10(2)24-14)19(18(23)17(15)22)11-6-4-5-7-13(11)21/h4-9,16,21-22H,3H2,1-2H3. The molecular weight excluding hydrogens is 310 g/mol. The highest BCUT2D eigenvalue weighted by Crippen LogP contribution is 2.44. The summed E-state index contributed by atoms with van der Waals surface area (Å²) in [5.74, 6) is -0.860. The first-order valence-electron chi connectivity index (χ1n) is 7.60. The van der Waals surface area contributed by atoms with Crippen molar-refractivity contribution >= 4 is 17.4 Å². The summed E-state index contributed by atoms with van der Waals surface area (Å²) >= 11 is 0. The number of aromatic hydroxyl groups is 1. The Kier molecular flexibility index (Phi) is 3.89. The van der Waals surface area contributed by atoms with Gasteiger partial charge < -0.3 is 14.6 Å². The minimum Gasteiger partial charge on any atom is -0.506 e. The smallest absolute Gasteiger partial charge is 0.294 e. The highest BCUT2D eigenvalue weighted by atomic mass is 16.3. The zero-order chi connectivity index (χ0) is 17.4. The fourth-order valence-electron chi connectivity index (χ4n) is 2.87. The third kappa shape index (κ3) is 2.36. The van der Waals surface area contributed by atoms with Gasteiger partial charge in [0.25, 0.3) is 5.91 Å². The molecule has 2 aromatic rings. The molecule has 6 nitrogen and oxygen atoms in total. The number of ketones is 1. The number of furan rings is 1. The van der Waals surface area contributed by atoms with Crippen LogP contribution in [0.1, 0.15) is 30.9 Å². The van der Waals surface area contributed by atoms with Crippen molar-refractivity contribution in [2.45, 2.75) is 26.3 Å².